The first-order chi connectivity index (χ1) is 17.2. The van der Waals surface area contributed by atoms with Crippen molar-refractivity contribution in [2.75, 3.05) is 44.2 Å². The summed E-state index contributed by atoms with van der Waals surface area (Å²) in [4.78, 5) is 18.2. The van der Waals surface area contributed by atoms with E-state index >= 15 is 0 Å². The van der Waals surface area contributed by atoms with Crippen LogP contribution < -0.4 is 4.90 Å². The van der Waals surface area contributed by atoms with E-state index in [2.05, 4.69) is 42.1 Å². The summed E-state index contributed by atoms with van der Waals surface area (Å²) in [6.45, 7) is 10.6. The molecule has 2 aliphatic heterocycles. The summed E-state index contributed by atoms with van der Waals surface area (Å²) in [5, 5.41) is 7.84. The second kappa shape index (κ2) is 9.64. The molecule has 3 aromatic rings. The fraction of sp³-hybridized carbons (Fsp3) is 0.462. The minimum Gasteiger partial charge on any atom is -0.368 e. The van der Waals surface area contributed by atoms with E-state index in [0.717, 1.165) is 18.7 Å². The zero-order chi connectivity index (χ0) is 25.6. The van der Waals surface area contributed by atoms with Crippen LogP contribution in [0.4, 0.5) is 5.69 Å². The minimum atomic E-state index is -3.83. The van der Waals surface area contributed by atoms with Crippen molar-refractivity contribution in [3.8, 4) is 0 Å². The van der Waals surface area contributed by atoms with Gasteiger partial charge in [0, 0.05) is 50.9 Å². The zero-order valence-electron chi connectivity index (χ0n) is 21.1. The average molecular weight is 529 g/mol. The molecular formula is C26H32N4O4S2. The number of sulfonamides is 1. The lowest BCUT2D eigenvalue weighted by Gasteiger charge is -2.38. The molecule has 0 bridgehead atoms. The number of benzene rings is 1. The summed E-state index contributed by atoms with van der Waals surface area (Å²) in [6.07, 6.45) is 0. The molecule has 2 atom stereocenters. The van der Waals surface area contributed by atoms with Gasteiger partial charge in [-0.05, 0) is 67.3 Å². The van der Waals surface area contributed by atoms with Crippen LogP contribution in [0.1, 0.15) is 34.1 Å². The van der Waals surface area contributed by atoms with Crippen LogP contribution in [-0.2, 0) is 14.8 Å². The summed E-state index contributed by atoms with van der Waals surface area (Å²) in [5.74, 6) is -0.307. The Morgan fingerprint density at radius 2 is 1.81 bits per heavy atom. The van der Waals surface area contributed by atoms with Crippen LogP contribution in [0.15, 0.2) is 44.4 Å². The summed E-state index contributed by atoms with van der Waals surface area (Å²) in [7, 11) is -3.83. The van der Waals surface area contributed by atoms with E-state index in [1.165, 1.54) is 21.1 Å². The molecule has 0 aliphatic carbocycles. The lowest BCUT2D eigenvalue weighted by molar-refractivity contribution is -0.135. The molecule has 8 nitrogen and oxygen atoms in total. The molecular weight excluding hydrogens is 496 g/mol. The fourth-order valence-corrected chi connectivity index (χ4v) is 7.98. The van der Waals surface area contributed by atoms with Gasteiger partial charge < -0.3 is 14.3 Å². The number of rotatable bonds is 5. The molecule has 10 heteroatoms. The van der Waals surface area contributed by atoms with Crippen LogP contribution in [0.25, 0.3) is 0 Å². The van der Waals surface area contributed by atoms with Gasteiger partial charge in [0.25, 0.3) is 0 Å². The predicted octanol–water partition coefficient (Wildman–Crippen LogP) is 3.72. The molecule has 2 aromatic heterocycles. The molecule has 5 rings (SSSR count). The Kier molecular flexibility index (Phi) is 6.69. The van der Waals surface area contributed by atoms with Gasteiger partial charge in [-0.15, -0.1) is 0 Å². The van der Waals surface area contributed by atoms with Gasteiger partial charge in [-0.3, -0.25) is 4.79 Å². The Bertz CT molecular complexity index is 1340. The minimum absolute atomic E-state index is 0.0308. The lowest BCUT2D eigenvalue weighted by atomic mass is 9.89. The summed E-state index contributed by atoms with van der Waals surface area (Å²) in [6, 6.07) is 8.46. The number of amides is 1. The molecule has 1 unspecified atom stereocenters. The van der Waals surface area contributed by atoms with Gasteiger partial charge in [0.05, 0.1) is 5.92 Å². The fourth-order valence-electron chi connectivity index (χ4n) is 5.47. The van der Waals surface area contributed by atoms with Crippen molar-refractivity contribution >= 4 is 33.0 Å². The van der Waals surface area contributed by atoms with Crippen molar-refractivity contribution in [1.82, 2.24) is 14.4 Å². The van der Waals surface area contributed by atoms with Gasteiger partial charge in [-0.2, -0.15) is 15.6 Å². The van der Waals surface area contributed by atoms with Crippen LogP contribution in [0, 0.1) is 33.6 Å². The number of anilines is 1. The smallest absolute Gasteiger partial charge is 0.248 e. The van der Waals surface area contributed by atoms with E-state index in [0.29, 0.717) is 18.8 Å². The standard InChI is InChI=1S/C26H32N4O4S2/c1-17-5-6-18(2)24(13-17)28-8-10-29(11-9-28)26(31)23-15-30(14-22(23)21-7-12-35-16-21)36(32,33)25-19(3)27-34-20(25)4/h5-7,12-13,16,22-23H,8-11,14-15H2,1-4H3/t22?,23-/m1/s1. The number of carbonyl (C=O) groups excluding carboxylic acids is 1. The quantitative estimate of drug-likeness (QED) is 0.502. The first-order valence-corrected chi connectivity index (χ1v) is 14.6. The molecule has 2 saturated heterocycles. The molecule has 36 heavy (non-hydrogen) atoms. The van der Waals surface area contributed by atoms with Crippen molar-refractivity contribution in [2.24, 2.45) is 5.92 Å². The third kappa shape index (κ3) is 4.46. The highest BCUT2D eigenvalue weighted by molar-refractivity contribution is 7.89. The monoisotopic (exact) mass is 528 g/mol. The van der Waals surface area contributed by atoms with E-state index in [4.69, 9.17) is 4.52 Å². The molecule has 2 aliphatic rings. The first-order valence-electron chi connectivity index (χ1n) is 12.2. The number of hydrogen-bond donors (Lipinski definition) is 0. The topological polar surface area (TPSA) is 87.0 Å². The normalized spacial score (nSPS) is 21.3. The molecule has 0 radical (unpaired) electrons. The molecule has 0 N–H and O–H groups in total. The Balaban J connectivity index is 1.36. The van der Waals surface area contributed by atoms with Crippen molar-refractivity contribution in [3.05, 3.63) is 63.2 Å². The zero-order valence-corrected chi connectivity index (χ0v) is 22.7. The van der Waals surface area contributed by atoms with E-state index in [9.17, 15) is 13.2 Å². The number of piperazine rings is 1. The van der Waals surface area contributed by atoms with Gasteiger partial charge in [0.1, 0.15) is 10.6 Å². The Hall–Kier alpha value is -2.69. The highest BCUT2D eigenvalue weighted by Gasteiger charge is 2.46. The van der Waals surface area contributed by atoms with Crippen molar-refractivity contribution in [3.63, 3.8) is 0 Å². The Morgan fingerprint density at radius 1 is 1.06 bits per heavy atom. The molecule has 192 valence electrons. The van der Waals surface area contributed by atoms with Crippen molar-refractivity contribution < 1.29 is 17.7 Å². The lowest BCUT2D eigenvalue weighted by Crippen LogP contribution is -2.51. The van der Waals surface area contributed by atoms with Crippen molar-refractivity contribution in [1.29, 1.82) is 0 Å². The number of carbonyl (C=O) groups is 1. The van der Waals surface area contributed by atoms with Gasteiger partial charge in [-0.1, -0.05) is 17.3 Å². The molecule has 0 spiro atoms. The molecule has 4 heterocycles. The summed E-state index contributed by atoms with van der Waals surface area (Å²) >= 11 is 1.56. The van der Waals surface area contributed by atoms with Crippen molar-refractivity contribution in [2.45, 2.75) is 38.5 Å². The highest BCUT2D eigenvalue weighted by Crippen LogP contribution is 2.39. The first kappa shape index (κ1) is 25.0. The summed E-state index contributed by atoms with van der Waals surface area (Å²) in [5.41, 5.74) is 5.03. The van der Waals surface area contributed by atoms with E-state index < -0.39 is 15.9 Å². The Labute approximate surface area is 216 Å². The van der Waals surface area contributed by atoms with E-state index in [1.807, 2.05) is 21.7 Å². The molecule has 1 amide bonds. The van der Waals surface area contributed by atoms with Gasteiger partial charge in [-0.25, -0.2) is 8.42 Å². The predicted molar refractivity (Wildman–Crippen MR) is 140 cm³/mol. The second-order valence-electron chi connectivity index (χ2n) is 9.85. The third-order valence-electron chi connectivity index (χ3n) is 7.44. The highest BCUT2D eigenvalue weighted by atomic mass is 32.2. The number of aromatic nitrogens is 1. The van der Waals surface area contributed by atoms with Gasteiger partial charge >= 0.3 is 0 Å². The summed E-state index contributed by atoms with van der Waals surface area (Å²) < 4.78 is 33.7. The van der Waals surface area contributed by atoms with Crippen LogP contribution in [0.3, 0.4) is 0 Å². The number of hydrogen-bond acceptors (Lipinski definition) is 7. The van der Waals surface area contributed by atoms with Crippen LogP contribution in [0.2, 0.25) is 0 Å². The SMILES string of the molecule is Cc1ccc(C)c(N2CCN(C(=O)[C@@H]3CN(S(=O)(=O)c4c(C)noc4C)CC3c3ccsc3)CC2)c1. The van der Waals surface area contributed by atoms with Crippen LogP contribution in [-0.4, -0.2) is 68.0 Å². The third-order valence-corrected chi connectivity index (χ3v) is 10.2. The maximum absolute atomic E-state index is 13.8. The second-order valence-corrected chi connectivity index (χ2v) is 12.5. The largest absolute Gasteiger partial charge is 0.368 e. The number of aryl methyl sites for hydroxylation is 4. The molecule has 0 saturated carbocycles. The van der Waals surface area contributed by atoms with E-state index in [-0.39, 0.29) is 35.6 Å². The molecule has 2 fully saturated rings. The number of thiophene rings is 1. The Morgan fingerprint density at radius 3 is 2.44 bits per heavy atom. The maximum atomic E-state index is 13.8. The van der Waals surface area contributed by atoms with Crippen LogP contribution in [0.5, 0.6) is 0 Å². The average Bonchev–Trinajstić information content (AvgIpc) is 3.60. The van der Waals surface area contributed by atoms with Gasteiger partial charge in [0.2, 0.25) is 15.9 Å². The number of nitrogens with zero attached hydrogens (tertiary/aromatic N) is 4. The van der Waals surface area contributed by atoms with Crippen LogP contribution >= 0.6 is 11.3 Å². The maximum Gasteiger partial charge on any atom is 0.248 e. The molecule has 1 aromatic carbocycles. The van der Waals surface area contributed by atoms with Gasteiger partial charge in [0.15, 0.2) is 5.76 Å². The van der Waals surface area contributed by atoms with E-state index in [1.54, 1.807) is 25.2 Å².